The quantitative estimate of drug-likeness (QED) is 0.115. The smallest absolute Gasteiger partial charge is 0.160 e. The molecule has 12 heteroatoms. The van der Waals surface area contributed by atoms with Crippen molar-refractivity contribution in [1.29, 1.82) is 0 Å². The molecule has 18 aromatic carbocycles. The molecule has 0 fully saturated rings. The number of aromatic nitrogens is 9. The second-order valence-electron chi connectivity index (χ2n) is 33.8. The number of fused-ring (bicyclic) bond motifs is 9. The van der Waals surface area contributed by atoms with E-state index >= 15 is 0 Å². The van der Waals surface area contributed by atoms with Crippen molar-refractivity contribution < 1.29 is 14.2 Å². The molecule has 0 radical (unpaired) electrons. The van der Waals surface area contributed by atoms with Gasteiger partial charge < -0.3 is 14.2 Å². The predicted molar refractivity (Wildman–Crippen MR) is 546 cm³/mol. The molecule has 24 aromatic rings. The molecule has 0 atom stereocenters. The molecule has 0 amide bonds. The van der Waals surface area contributed by atoms with E-state index in [0.29, 0.717) is 17.5 Å². The predicted octanol–water partition coefficient (Wildman–Crippen LogP) is 31.9. The van der Waals surface area contributed by atoms with Crippen LogP contribution in [0.1, 0.15) is 0 Å². The van der Waals surface area contributed by atoms with Crippen LogP contribution in [0.5, 0.6) is 34.5 Å². The van der Waals surface area contributed by atoms with Gasteiger partial charge in [0.25, 0.3) is 0 Å². The number of benzene rings is 18. The first kappa shape index (κ1) is 78.8. The van der Waals surface area contributed by atoms with E-state index in [4.69, 9.17) is 59.1 Å². The first-order chi connectivity index (χ1) is 66.8. The lowest BCUT2D eigenvalue weighted by atomic mass is 9.90. The molecule has 6 aromatic heterocycles. The topological polar surface area (TPSA) is 144 Å². The van der Waals surface area contributed by atoms with Crippen LogP contribution in [0.3, 0.4) is 0 Å². The molecule has 3 aliphatic heterocycles. The van der Waals surface area contributed by atoms with Gasteiger partial charge in [0.1, 0.15) is 34.5 Å². The summed E-state index contributed by atoms with van der Waals surface area (Å²) in [6, 6.07) is 150. The Morgan fingerprint density at radius 3 is 0.904 bits per heavy atom. The van der Waals surface area contributed by atoms with E-state index < -0.39 is 0 Å². The summed E-state index contributed by atoms with van der Waals surface area (Å²) in [5.41, 5.74) is 28.5. The van der Waals surface area contributed by atoms with E-state index in [2.05, 4.69) is 291 Å². The van der Waals surface area contributed by atoms with Crippen molar-refractivity contribution in [2.24, 2.45) is 0 Å². The van der Waals surface area contributed by atoms with Gasteiger partial charge in [-0.25, -0.2) is 29.9 Å². The van der Waals surface area contributed by atoms with E-state index in [9.17, 15) is 0 Å². The number of hydrogen-bond donors (Lipinski definition) is 0. The highest BCUT2D eigenvalue weighted by Gasteiger charge is 2.27. The number of nitrogens with zero attached hydrogens (tertiary/aromatic N) is 9. The third kappa shape index (κ3) is 14.8. The summed E-state index contributed by atoms with van der Waals surface area (Å²) in [4.78, 5) is 44.8. The Labute approximate surface area is 777 Å². The number of hydrogen-bond acceptors (Lipinski definition) is 12. The van der Waals surface area contributed by atoms with Gasteiger partial charge >= 0.3 is 0 Å². The van der Waals surface area contributed by atoms with Gasteiger partial charge in [-0.05, 0) is 158 Å². The number of para-hydroxylation sites is 3. The second kappa shape index (κ2) is 33.6. The average molecular weight is 1730 g/mol. The fourth-order valence-corrected chi connectivity index (χ4v) is 19.0. The minimum atomic E-state index is 0.673. The molecule has 27 rings (SSSR count). The van der Waals surface area contributed by atoms with Gasteiger partial charge in [-0.15, -0.1) is 0 Å². The van der Waals surface area contributed by atoms with E-state index in [0.717, 1.165) is 234 Å². The lowest BCUT2D eigenvalue weighted by Crippen LogP contribution is -1.98. The molecule has 0 bridgehead atoms. The summed E-state index contributed by atoms with van der Waals surface area (Å²) in [6.45, 7) is 0. The molecule has 0 saturated carbocycles. The van der Waals surface area contributed by atoms with E-state index in [1.54, 1.807) is 0 Å². The Bertz CT molecular complexity index is 8320. The van der Waals surface area contributed by atoms with Crippen LogP contribution in [0.25, 0.3) is 233 Å². The van der Waals surface area contributed by atoms with Crippen molar-refractivity contribution >= 4 is 64.8 Å². The Kier molecular flexibility index (Phi) is 19.6. The highest BCUT2D eigenvalue weighted by Crippen LogP contribution is 2.53. The van der Waals surface area contributed by atoms with Crippen LogP contribution in [-0.4, -0.2) is 44.9 Å². The second-order valence-corrected chi connectivity index (χ2v) is 33.8. The van der Waals surface area contributed by atoms with Crippen LogP contribution in [0, 0.1) is 0 Å². The minimum Gasteiger partial charge on any atom is -0.456 e. The van der Waals surface area contributed by atoms with Crippen molar-refractivity contribution in [1.82, 2.24) is 44.9 Å². The zero-order valence-corrected chi connectivity index (χ0v) is 72.6. The van der Waals surface area contributed by atoms with E-state index in [-0.39, 0.29) is 0 Å². The Balaban J connectivity index is 0.000000108. The van der Waals surface area contributed by atoms with Crippen LogP contribution < -0.4 is 14.2 Å². The zero-order chi connectivity index (χ0) is 89.2. The molecule has 0 spiro atoms. The standard InChI is InChI=1S/3C41H25N3O/c1-3-10-26(11-4-1)35-24-36(27-12-5-2-6-13-27)44-41(43-35)29-19-18-28-23-37(42-25-30(28)22-29)31-20-21-39-40-33(31)15-9-16-34(40)32-14-7-8-17-38(32)45-39;1-3-10-26(11-4-1)35-24-36(44-41(43-35)27-12-5-2-6-13-27)28-18-19-29-25-42-37(23-30(29)22-28)31-20-21-39-40-33(31)15-9-16-34(40)32-14-7-8-17-38(32)45-39;1-3-10-26(11-4-1)36-24-37(27-12-5-2-6-13-27)44-41(43-36)29-19-18-28-22-30(25-42-35(28)23-29)31-20-21-39-40-33(31)15-9-16-34(40)32-14-7-8-17-38(32)45-39/h3*1-25H. The first-order valence-electron chi connectivity index (χ1n) is 45.1. The molecule has 12 nitrogen and oxygen atoms in total. The summed E-state index contributed by atoms with van der Waals surface area (Å²) >= 11 is 0. The summed E-state index contributed by atoms with van der Waals surface area (Å²) in [5.74, 6) is 7.36. The minimum absolute atomic E-state index is 0.673. The maximum absolute atomic E-state index is 6.33. The molecule has 9 heterocycles. The fraction of sp³-hybridized carbons (Fsp3) is 0. The van der Waals surface area contributed by atoms with Crippen molar-refractivity contribution in [3.05, 3.63) is 455 Å². The van der Waals surface area contributed by atoms with Crippen LogP contribution in [0.15, 0.2) is 455 Å². The monoisotopic (exact) mass is 1730 g/mol. The Morgan fingerprint density at radius 2 is 0.467 bits per heavy atom. The maximum atomic E-state index is 6.33. The van der Waals surface area contributed by atoms with Crippen LogP contribution >= 0.6 is 0 Å². The summed E-state index contributed by atoms with van der Waals surface area (Å²) in [6.07, 6.45) is 5.87. The van der Waals surface area contributed by atoms with Crippen molar-refractivity contribution in [2.75, 3.05) is 0 Å². The lowest BCUT2D eigenvalue weighted by molar-refractivity contribution is 0.487. The largest absolute Gasteiger partial charge is 0.456 e. The van der Waals surface area contributed by atoms with Gasteiger partial charge in [0.15, 0.2) is 17.5 Å². The molecular weight excluding hydrogens is 1650 g/mol. The SMILES string of the molecule is c1ccc(-c2cc(-c3ccc4cnc(-c5ccc6c7c(cccc57)-c5ccccc5O6)cc4c3)nc(-c3ccccc3)n2)cc1.c1ccc(-c2cc(-c3ccccc3)nc(-c3ccc4cc(-c5ccc6c7c(cccc57)-c5ccccc5O6)cnc4c3)n2)cc1.c1ccc(-c2cc(-c3ccccc3)nc(-c3ccc4cc(-c5ccc6c7c(cccc57)-c5ccccc5O6)ncc4c3)n2)cc1. The van der Waals surface area contributed by atoms with E-state index in [1.165, 1.54) is 16.7 Å². The zero-order valence-electron chi connectivity index (χ0n) is 72.6. The molecule has 0 aliphatic carbocycles. The summed E-state index contributed by atoms with van der Waals surface area (Å²) < 4.78 is 18.9. The summed E-state index contributed by atoms with van der Waals surface area (Å²) in [7, 11) is 0. The molecular formula is C123H75N9O3. The molecule has 0 saturated heterocycles. The molecule has 0 unspecified atom stereocenters. The van der Waals surface area contributed by atoms with Gasteiger partial charge in [0, 0.05) is 134 Å². The highest BCUT2D eigenvalue weighted by atomic mass is 16.5. The van der Waals surface area contributed by atoms with Crippen molar-refractivity contribution in [2.45, 2.75) is 0 Å². The molecule has 0 N–H and O–H groups in total. The first-order valence-corrected chi connectivity index (χ1v) is 45.1. The van der Waals surface area contributed by atoms with Gasteiger partial charge in [-0.2, -0.15) is 0 Å². The van der Waals surface area contributed by atoms with Crippen LogP contribution in [0.2, 0.25) is 0 Å². The number of pyridine rings is 3. The van der Waals surface area contributed by atoms with Crippen LogP contribution in [0.4, 0.5) is 0 Å². The Hall–Kier alpha value is -18.4. The molecule has 135 heavy (non-hydrogen) atoms. The number of ether oxygens (including phenoxy) is 3. The molecule has 3 aliphatic rings. The third-order valence-electron chi connectivity index (χ3n) is 25.6. The van der Waals surface area contributed by atoms with Gasteiger partial charge in [-0.1, -0.05) is 328 Å². The average Bonchev–Trinajstić information content (AvgIpc) is 0.650. The van der Waals surface area contributed by atoms with Crippen LogP contribution in [-0.2, 0) is 0 Å². The summed E-state index contributed by atoms with van der Waals surface area (Å²) in [5, 5.41) is 12.1. The van der Waals surface area contributed by atoms with Crippen molar-refractivity contribution in [3.8, 4) is 203 Å². The maximum Gasteiger partial charge on any atom is 0.160 e. The van der Waals surface area contributed by atoms with Gasteiger partial charge in [0.05, 0.1) is 51.1 Å². The van der Waals surface area contributed by atoms with Gasteiger partial charge in [0.2, 0.25) is 0 Å². The van der Waals surface area contributed by atoms with Crippen molar-refractivity contribution in [3.63, 3.8) is 0 Å². The van der Waals surface area contributed by atoms with Gasteiger partial charge in [-0.3, -0.25) is 15.0 Å². The van der Waals surface area contributed by atoms with E-state index in [1.807, 2.05) is 164 Å². The lowest BCUT2D eigenvalue weighted by Gasteiger charge is -2.22. The molecule has 630 valence electrons. The highest BCUT2D eigenvalue weighted by molar-refractivity contribution is 6.13. The fourth-order valence-electron chi connectivity index (χ4n) is 19.0. The third-order valence-corrected chi connectivity index (χ3v) is 25.6. The number of rotatable bonds is 12. The normalized spacial score (nSPS) is 11.7. The Morgan fingerprint density at radius 1 is 0.148 bits per heavy atom.